The van der Waals surface area contributed by atoms with Gasteiger partial charge in [-0.15, -0.1) is 11.3 Å². The molecule has 2 fully saturated rings. The van der Waals surface area contributed by atoms with Crippen molar-refractivity contribution in [3.05, 3.63) is 138 Å². The molecule has 3 heterocycles. The van der Waals surface area contributed by atoms with Crippen molar-refractivity contribution in [2.24, 2.45) is 11.1 Å². The Morgan fingerprint density at radius 3 is 2.25 bits per heavy atom. The molecular weight excluding hydrogens is 863 g/mol. The van der Waals surface area contributed by atoms with Crippen LogP contribution in [0.4, 0.5) is 0 Å². The van der Waals surface area contributed by atoms with E-state index in [1.165, 1.54) is 10.5 Å². The number of carbonyl (C=O) groups excluding carboxylic acids is 3. The van der Waals surface area contributed by atoms with E-state index in [1.54, 1.807) is 38.2 Å². The minimum atomic E-state index is -0.909. The number of hydrogen-bond donors (Lipinski definition) is 1. The average Bonchev–Trinajstić information content (AvgIpc) is 3.81. The fraction of sp³-hybridized carbons (Fsp3) is 0.364. The first kappa shape index (κ1) is 45.8. The van der Waals surface area contributed by atoms with E-state index in [4.69, 9.17) is 29.4 Å². The van der Waals surface area contributed by atoms with Crippen LogP contribution in [0.2, 0.25) is 0 Å². The molecule has 1 saturated carbocycles. The van der Waals surface area contributed by atoms with Gasteiger partial charge in [-0.1, -0.05) is 60.2 Å². The highest BCUT2D eigenvalue weighted by Gasteiger charge is 2.47. The third-order valence-electron chi connectivity index (χ3n) is 13.1. The number of aryl methyl sites for hydroxylation is 1. The summed E-state index contributed by atoms with van der Waals surface area (Å²) >= 11 is 1.71. The zero-order valence-electron chi connectivity index (χ0n) is 38.8. The highest BCUT2D eigenvalue weighted by molar-refractivity contribution is 7.22. The van der Waals surface area contributed by atoms with Crippen molar-refractivity contribution in [3.8, 4) is 39.2 Å². The van der Waals surface area contributed by atoms with Gasteiger partial charge in [-0.3, -0.25) is 19.3 Å². The molecular formula is C55H59N3O8S. The lowest BCUT2D eigenvalue weighted by molar-refractivity contribution is -0.155. The van der Waals surface area contributed by atoms with Crippen LogP contribution < -0.4 is 24.7 Å². The van der Waals surface area contributed by atoms with Gasteiger partial charge >= 0.3 is 5.97 Å². The molecule has 0 unspecified atom stereocenters. The fourth-order valence-electron chi connectivity index (χ4n) is 9.48. The van der Waals surface area contributed by atoms with Crippen molar-refractivity contribution < 1.29 is 38.1 Å². The maximum Gasteiger partial charge on any atom is 0.306 e. The van der Waals surface area contributed by atoms with Crippen molar-refractivity contribution in [1.82, 2.24) is 9.80 Å². The first-order valence-corrected chi connectivity index (χ1v) is 24.1. The van der Waals surface area contributed by atoms with Crippen LogP contribution in [0, 0.1) is 12.3 Å². The second-order valence-electron chi connectivity index (χ2n) is 19.3. The zero-order valence-corrected chi connectivity index (χ0v) is 39.6. The minimum Gasteiger partial charge on any atom is -0.492 e. The molecule has 348 valence electrons. The van der Waals surface area contributed by atoms with Crippen LogP contribution >= 0.6 is 11.3 Å². The fourth-order valence-corrected chi connectivity index (χ4v) is 10.6. The first-order chi connectivity index (χ1) is 32.3. The molecule has 1 spiro atoms. The number of primary amides is 1. The van der Waals surface area contributed by atoms with Gasteiger partial charge in [-0.2, -0.15) is 0 Å². The summed E-state index contributed by atoms with van der Waals surface area (Å²) in [7, 11) is 0. The predicted molar refractivity (Wildman–Crippen MR) is 261 cm³/mol. The minimum absolute atomic E-state index is 0.0135. The van der Waals surface area contributed by atoms with E-state index in [9.17, 15) is 14.4 Å². The summed E-state index contributed by atoms with van der Waals surface area (Å²) in [4.78, 5) is 43.1. The molecule has 2 N–H and O–H groups in total. The van der Waals surface area contributed by atoms with Crippen LogP contribution in [-0.4, -0.2) is 71.6 Å². The standard InChI is InChI=1S/C55H59N3O8S/c1-36-10-12-38(13-11-36)51-50(46-21-18-42(31-48(46)67-51)63-35-37-8-6-5-7-9-37)65-41-16-14-40(15-17-41)62-29-28-57-26-24-55(25-27-57)32-44(33-55)64-43-19-20-45-39(30-43)34-58(53(45)61)47(52(56)60)22-23-49(59)66-54(2,3)4/h5-21,30-31,44,47H,22-29,32-35H2,1-4H3,(H2,56,60)/t47-/m0/s1. The largest absolute Gasteiger partial charge is 0.492 e. The zero-order chi connectivity index (χ0) is 46.7. The normalized spacial score (nSPS) is 16.4. The monoisotopic (exact) mass is 921 g/mol. The van der Waals surface area contributed by atoms with Crippen molar-refractivity contribution in [3.63, 3.8) is 0 Å². The molecule has 11 nitrogen and oxygen atoms in total. The Hall–Kier alpha value is -6.37. The first-order valence-electron chi connectivity index (χ1n) is 23.3. The van der Waals surface area contributed by atoms with Crippen LogP contribution in [0.5, 0.6) is 28.7 Å². The van der Waals surface area contributed by atoms with Crippen molar-refractivity contribution in [2.75, 3.05) is 26.2 Å². The molecule has 12 heteroatoms. The Balaban J connectivity index is 0.731. The number of piperidine rings is 1. The lowest BCUT2D eigenvalue weighted by atomic mass is 9.61. The summed E-state index contributed by atoms with van der Waals surface area (Å²) < 4.78 is 32.0. The van der Waals surface area contributed by atoms with E-state index in [2.05, 4.69) is 60.4 Å². The molecule has 0 radical (unpaired) electrons. The highest BCUT2D eigenvalue weighted by atomic mass is 32.1. The summed E-state index contributed by atoms with van der Waals surface area (Å²) in [6, 6.07) is 37.5. The van der Waals surface area contributed by atoms with E-state index in [0.29, 0.717) is 18.8 Å². The van der Waals surface area contributed by atoms with Gasteiger partial charge in [0, 0.05) is 35.2 Å². The number of esters is 1. The number of nitrogens with two attached hydrogens (primary N) is 1. The van der Waals surface area contributed by atoms with Crippen molar-refractivity contribution in [2.45, 2.75) is 97.1 Å². The number of rotatable bonds is 17. The van der Waals surface area contributed by atoms with Gasteiger partial charge < -0.3 is 34.3 Å². The second kappa shape index (κ2) is 19.5. The van der Waals surface area contributed by atoms with Gasteiger partial charge in [-0.25, -0.2) is 0 Å². The second-order valence-corrected chi connectivity index (χ2v) is 20.3. The number of ether oxygens (including phenoxy) is 5. The molecule has 1 aliphatic carbocycles. The van der Waals surface area contributed by atoms with E-state index < -0.39 is 23.5 Å². The summed E-state index contributed by atoms with van der Waals surface area (Å²) in [5, 5.41) is 1.04. The topological polar surface area (TPSA) is 130 Å². The van der Waals surface area contributed by atoms with Gasteiger partial charge in [0.05, 0.1) is 11.0 Å². The summed E-state index contributed by atoms with van der Waals surface area (Å²) in [6.45, 7) is 11.7. The van der Waals surface area contributed by atoms with Crippen LogP contribution in [0.1, 0.15) is 86.3 Å². The van der Waals surface area contributed by atoms with Crippen molar-refractivity contribution >= 4 is 39.2 Å². The van der Waals surface area contributed by atoms with Crippen LogP contribution in [0.15, 0.2) is 115 Å². The summed E-state index contributed by atoms with van der Waals surface area (Å²) in [6.07, 6.45) is 4.44. The van der Waals surface area contributed by atoms with Crippen LogP contribution in [0.25, 0.3) is 20.5 Å². The predicted octanol–water partition coefficient (Wildman–Crippen LogP) is 10.9. The molecule has 1 aromatic heterocycles. The van der Waals surface area contributed by atoms with Gasteiger partial charge in [0.25, 0.3) is 5.91 Å². The van der Waals surface area contributed by atoms with Crippen LogP contribution in [-0.2, 0) is 27.5 Å². The molecule has 9 rings (SSSR count). The number of carbonyl (C=O) groups is 3. The number of nitrogens with zero attached hydrogens (tertiary/aromatic N) is 2. The molecule has 1 saturated heterocycles. The maximum absolute atomic E-state index is 13.3. The third kappa shape index (κ3) is 10.9. The molecule has 3 aliphatic rings. The Morgan fingerprint density at radius 2 is 1.54 bits per heavy atom. The lowest BCUT2D eigenvalue weighted by Crippen LogP contribution is -2.51. The van der Waals surface area contributed by atoms with Gasteiger partial charge in [0.2, 0.25) is 5.91 Å². The van der Waals surface area contributed by atoms with E-state index in [0.717, 1.165) is 106 Å². The number of thiophene rings is 1. The van der Waals surface area contributed by atoms with Gasteiger partial charge in [0.15, 0.2) is 5.75 Å². The van der Waals surface area contributed by atoms with E-state index >= 15 is 0 Å². The highest BCUT2D eigenvalue weighted by Crippen LogP contribution is 2.51. The average molecular weight is 922 g/mol. The number of benzene rings is 5. The summed E-state index contributed by atoms with van der Waals surface area (Å²) in [5.74, 6) is 2.58. The Bertz CT molecular complexity index is 2710. The smallest absolute Gasteiger partial charge is 0.306 e. The lowest BCUT2D eigenvalue weighted by Gasteiger charge is -2.51. The Kier molecular flexibility index (Phi) is 13.3. The molecule has 2 amide bonds. The van der Waals surface area contributed by atoms with Crippen molar-refractivity contribution in [1.29, 1.82) is 0 Å². The van der Waals surface area contributed by atoms with Gasteiger partial charge in [-0.05, 0) is 156 Å². The Morgan fingerprint density at radius 1 is 0.836 bits per heavy atom. The number of hydrogen-bond acceptors (Lipinski definition) is 10. The summed E-state index contributed by atoms with van der Waals surface area (Å²) in [5.41, 5.74) is 10.1. The van der Waals surface area contributed by atoms with E-state index in [-0.39, 0.29) is 36.8 Å². The third-order valence-corrected chi connectivity index (χ3v) is 14.3. The number of fused-ring (bicyclic) bond motifs is 2. The molecule has 2 aliphatic heterocycles. The molecule has 1 atom stereocenters. The van der Waals surface area contributed by atoms with Crippen LogP contribution in [0.3, 0.4) is 0 Å². The molecule has 6 aromatic rings. The quantitative estimate of drug-likeness (QED) is 0.0889. The molecule has 0 bridgehead atoms. The van der Waals surface area contributed by atoms with E-state index in [1.807, 2.05) is 60.7 Å². The molecule has 5 aromatic carbocycles. The number of amides is 2. The maximum atomic E-state index is 13.3. The SMILES string of the molecule is Cc1ccc(-c2sc3cc(OCc4ccccc4)ccc3c2Oc2ccc(OCCN3CCC4(CC3)CC(Oc3ccc5c(c3)CN([C@@H](CCC(=O)OC(C)(C)C)C(N)=O)C5=O)C4)cc2)cc1. The van der Waals surface area contributed by atoms with Gasteiger partial charge in [0.1, 0.15) is 47.9 Å². The molecule has 67 heavy (non-hydrogen) atoms. The number of likely N-dealkylation sites (tertiary alicyclic amines) is 1. The Labute approximate surface area is 396 Å².